The van der Waals surface area contributed by atoms with E-state index in [4.69, 9.17) is 23.2 Å². The molecule has 0 aliphatic carbocycles. The van der Waals surface area contributed by atoms with Crippen LogP contribution in [0.3, 0.4) is 0 Å². The number of hydrogen-bond acceptors (Lipinski definition) is 7. The Kier molecular flexibility index (Phi) is 8.27. The van der Waals surface area contributed by atoms with Crippen molar-refractivity contribution in [2.45, 2.75) is 21.4 Å². The van der Waals surface area contributed by atoms with Crippen molar-refractivity contribution in [3.8, 4) is 0 Å². The molecule has 0 bridgehead atoms. The van der Waals surface area contributed by atoms with E-state index in [2.05, 4.69) is 57.1 Å². The lowest BCUT2D eigenvalue weighted by molar-refractivity contribution is -0.118. The summed E-state index contributed by atoms with van der Waals surface area (Å²) in [6.45, 7) is 1.77. The molecule has 168 valence electrons. The predicted molar refractivity (Wildman–Crippen MR) is 141 cm³/mol. The van der Waals surface area contributed by atoms with Crippen LogP contribution in [0.25, 0.3) is 10.8 Å². The zero-order valence-electron chi connectivity index (χ0n) is 17.4. The summed E-state index contributed by atoms with van der Waals surface area (Å²) in [6.07, 6.45) is 0. The van der Waals surface area contributed by atoms with Crippen molar-refractivity contribution >= 4 is 80.5 Å². The van der Waals surface area contributed by atoms with Gasteiger partial charge in [-0.05, 0) is 35.4 Å². The maximum Gasteiger partial charge on any atom is 0.250 e. The molecule has 1 heterocycles. The molecule has 0 fully saturated rings. The fourth-order valence-corrected chi connectivity index (χ4v) is 6.38. The summed E-state index contributed by atoms with van der Waals surface area (Å²) in [6, 6.07) is 19.8. The molecule has 33 heavy (non-hydrogen) atoms. The highest BCUT2D eigenvalue weighted by Gasteiger charge is 2.10. The van der Waals surface area contributed by atoms with Gasteiger partial charge in [-0.1, -0.05) is 107 Å². The van der Waals surface area contributed by atoms with Crippen molar-refractivity contribution in [2.24, 2.45) is 5.10 Å². The summed E-state index contributed by atoms with van der Waals surface area (Å²) in [5.41, 5.74) is 5.12. The number of hydrazone groups is 1. The molecule has 4 aromatic rings. The number of aromatic nitrogens is 2. The van der Waals surface area contributed by atoms with Gasteiger partial charge in [0.15, 0.2) is 8.68 Å². The Morgan fingerprint density at radius 2 is 1.79 bits per heavy atom. The molecule has 1 aromatic heterocycles. The van der Waals surface area contributed by atoms with Gasteiger partial charge in [-0.2, -0.15) is 5.10 Å². The van der Waals surface area contributed by atoms with Crippen LogP contribution in [0, 0.1) is 0 Å². The van der Waals surface area contributed by atoms with Crippen LogP contribution in [0.4, 0.5) is 0 Å². The molecular weight excluding hydrogens is 515 g/mol. The van der Waals surface area contributed by atoms with Crippen molar-refractivity contribution in [1.82, 2.24) is 15.6 Å². The summed E-state index contributed by atoms with van der Waals surface area (Å²) in [5.74, 6) is 0.764. The Bertz CT molecular complexity index is 1320. The molecule has 4 rings (SSSR count). The molecule has 10 heteroatoms. The van der Waals surface area contributed by atoms with E-state index in [9.17, 15) is 4.79 Å². The number of nitrogens with one attached hydrogen (secondary N) is 1. The van der Waals surface area contributed by atoms with E-state index in [1.807, 2.05) is 6.07 Å². The molecule has 0 saturated heterocycles. The second-order valence-electron chi connectivity index (χ2n) is 6.91. The minimum Gasteiger partial charge on any atom is -0.272 e. The Morgan fingerprint density at radius 3 is 2.61 bits per heavy atom. The van der Waals surface area contributed by atoms with E-state index < -0.39 is 0 Å². The molecule has 0 aliphatic rings. The van der Waals surface area contributed by atoms with Gasteiger partial charge in [0.2, 0.25) is 0 Å². The maximum atomic E-state index is 12.2. The lowest BCUT2D eigenvalue weighted by atomic mass is 10.1. The first kappa shape index (κ1) is 24.0. The highest BCUT2D eigenvalue weighted by Crippen LogP contribution is 2.32. The smallest absolute Gasteiger partial charge is 0.250 e. The number of halogens is 2. The first-order chi connectivity index (χ1) is 16.0. The van der Waals surface area contributed by atoms with E-state index in [-0.39, 0.29) is 11.7 Å². The molecule has 5 nitrogen and oxygen atoms in total. The molecular formula is C23H18Cl2N4OS3. The standard InChI is InChI=1S/C23H18Cl2N4OS3/c1-14(18-10-9-17(24)11-20(18)25)26-27-21(30)13-32-23-29-28-22(33-23)31-12-16-7-4-6-15-5-2-3-8-19(15)16/h2-11H,12-13H2,1H3,(H,27,30)/b26-14-. The SMILES string of the molecule is C/C(=N/NC(=O)CSc1nnc(SCc2cccc3ccccc23)s1)c1ccc(Cl)cc1Cl. The van der Waals surface area contributed by atoms with Crippen LogP contribution in [0.15, 0.2) is 74.4 Å². The maximum absolute atomic E-state index is 12.2. The monoisotopic (exact) mass is 532 g/mol. The topological polar surface area (TPSA) is 67.2 Å². The second kappa shape index (κ2) is 11.4. The zero-order valence-corrected chi connectivity index (χ0v) is 21.4. The van der Waals surface area contributed by atoms with Crippen molar-refractivity contribution in [2.75, 3.05) is 5.75 Å². The Hall–Kier alpha value is -2.10. The molecule has 3 aromatic carbocycles. The van der Waals surface area contributed by atoms with Gasteiger partial charge in [0, 0.05) is 16.3 Å². The third kappa shape index (κ3) is 6.49. The van der Waals surface area contributed by atoms with Crippen molar-refractivity contribution in [1.29, 1.82) is 0 Å². The highest BCUT2D eigenvalue weighted by molar-refractivity contribution is 8.03. The average molecular weight is 534 g/mol. The number of carbonyl (C=O) groups excluding carboxylic acids is 1. The van der Waals surface area contributed by atoms with E-state index in [0.29, 0.717) is 21.3 Å². The summed E-state index contributed by atoms with van der Waals surface area (Å²) in [7, 11) is 0. The average Bonchev–Trinajstić information content (AvgIpc) is 3.27. The highest BCUT2D eigenvalue weighted by atomic mass is 35.5. The minimum atomic E-state index is -0.232. The third-order valence-electron chi connectivity index (χ3n) is 4.61. The van der Waals surface area contributed by atoms with Gasteiger partial charge in [0.25, 0.3) is 5.91 Å². The molecule has 0 saturated carbocycles. The van der Waals surface area contributed by atoms with E-state index in [0.717, 1.165) is 14.4 Å². The van der Waals surface area contributed by atoms with E-state index in [1.165, 1.54) is 39.4 Å². The van der Waals surface area contributed by atoms with Gasteiger partial charge >= 0.3 is 0 Å². The van der Waals surface area contributed by atoms with Gasteiger partial charge in [-0.25, -0.2) is 5.43 Å². The van der Waals surface area contributed by atoms with Crippen molar-refractivity contribution in [3.05, 3.63) is 81.8 Å². The number of carbonyl (C=O) groups is 1. The number of benzene rings is 3. The molecule has 0 atom stereocenters. The number of amides is 1. The van der Waals surface area contributed by atoms with Gasteiger partial charge in [0.05, 0.1) is 16.5 Å². The summed E-state index contributed by atoms with van der Waals surface area (Å²) in [4.78, 5) is 12.2. The quantitative estimate of drug-likeness (QED) is 0.151. The van der Waals surface area contributed by atoms with Crippen molar-refractivity contribution < 1.29 is 4.79 Å². The Morgan fingerprint density at radius 1 is 1.03 bits per heavy atom. The van der Waals surface area contributed by atoms with Crippen LogP contribution < -0.4 is 5.43 Å². The minimum absolute atomic E-state index is 0.188. The predicted octanol–water partition coefficient (Wildman–Crippen LogP) is 6.92. The van der Waals surface area contributed by atoms with Crippen LogP contribution in [0.2, 0.25) is 10.0 Å². The van der Waals surface area contributed by atoms with Crippen LogP contribution in [0.1, 0.15) is 18.1 Å². The van der Waals surface area contributed by atoms with Gasteiger partial charge in [-0.15, -0.1) is 10.2 Å². The number of fused-ring (bicyclic) bond motifs is 1. The summed E-state index contributed by atoms with van der Waals surface area (Å²) >= 11 is 16.6. The number of thioether (sulfide) groups is 2. The van der Waals surface area contributed by atoms with Crippen LogP contribution in [-0.4, -0.2) is 27.6 Å². The van der Waals surface area contributed by atoms with Crippen LogP contribution >= 0.6 is 58.1 Å². The molecule has 1 N–H and O–H groups in total. The molecule has 0 spiro atoms. The normalized spacial score (nSPS) is 11.7. The number of hydrogen-bond donors (Lipinski definition) is 1. The Balaban J connectivity index is 1.28. The fraction of sp³-hybridized carbons (Fsp3) is 0.130. The molecule has 0 aliphatic heterocycles. The largest absolute Gasteiger partial charge is 0.272 e. The zero-order chi connectivity index (χ0) is 23.2. The molecule has 1 amide bonds. The van der Waals surface area contributed by atoms with Crippen molar-refractivity contribution in [3.63, 3.8) is 0 Å². The Labute approximate surface area is 214 Å². The molecule has 0 unspecified atom stereocenters. The number of rotatable bonds is 8. The number of nitrogens with zero attached hydrogens (tertiary/aromatic N) is 3. The first-order valence-electron chi connectivity index (χ1n) is 9.84. The second-order valence-corrected chi connectivity index (χ2v) is 11.2. The fourth-order valence-electron chi connectivity index (χ4n) is 3.02. The molecule has 0 radical (unpaired) electrons. The summed E-state index contributed by atoms with van der Waals surface area (Å²) < 4.78 is 1.61. The van der Waals surface area contributed by atoms with E-state index in [1.54, 1.807) is 36.9 Å². The van der Waals surface area contributed by atoms with Crippen LogP contribution in [0.5, 0.6) is 0 Å². The van der Waals surface area contributed by atoms with Gasteiger partial charge < -0.3 is 0 Å². The van der Waals surface area contributed by atoms with Gasteiger partial charge in [-0.3, -0.25) is 4.79 Å². The first-order valence-corrected chi connectivity index (χ1v) is 13.4. The van der Waals surface area contributed by atoms with E-state index >= 15 is 0 Å². The lowest BCUT2D eigenvalue weighted by Crippen LogP contribution is -2.21. The summed E-state index contributed by atoms with van der Waals surface area (Å²) in [5, 5.41) is 16.1. The van der Waals surface area contributed by atoms with Gasteiger partial charge in [0.1, 0.15) is 0 Å². The third-order valence-corrected chi connectivity index (χ3v) is 8.40. The van der Waals surface area contributed by atoms with Crippen LogP contribution in [-0.2, 0) is 10.5 Å². The lowest BCUT2D eigenvalue weighted by Gasteiger charge is -2.05.